The average Bonchev–Trinajstić information content (AvgIpc) is 2.83. The monoisotopic (exact) mass is 527 g/mol. The first-order valence-electron chi connectivity index (χ1n) is 11.3. The molecule has 13 heteroatoms. The lowest BCUT2D eigenvalue weighted by atomic mass is 9.99. The second-order valence-corrected chi connectivity index (χ2v) is 7.85. The molecule has 10 nitrogen and oxygen atoms in total. The SMILES string of the molecule is CCO[C@@H]1[C@@H](OC)[C@H](C)O[C@@H](OC(=O)Nc2ccc(/N=N/c3cccc(OC(F)(F)F)c3)cc2)[C@@H]1OC. The largest absolute Gasteiger partial charge is 0.573 e. The van der Waals surface area contributed by atoms with Crippen molar-refractivity contribution in [2.75, 3.05) is 26.1 Å². The van der Waals surface area contributed by atoms with Gasteiger partial charge in [-0.1, -0.05) is 6.07 Å². The number of methoxy groups -OCH3 is 2. The van der Waals surface area contributed by atoms with Crippen LogP contribution in [0.25, 0.3) is 0 Å². The first-order chi connectivity index (χ1) is 17.6. The lowest BCUT2D eigenvalue weighted by Gasteiger charge is -2.43. The third-order valence-corrected chi connectivity index (χ3v) is 5.30. The number of rotatable bonds is 9. The van der Waals surface area contributed by atoms with Crippen LogP contribution in [0.1, 0.15) is 13.8 Å². The van der Waals surface area contributed by atoms with E-state index in [1.807, 2.05) is 6.92 Å². The molecule has 1 heterocycles. The molecular weight excluding hydrogens is 499 g/mol. The van der Waals surface area contributed by atoms with Crippen molar-refractivity contribution >= 4 is 23.2 Å². The highest BCUT2D eigenvalue weighted by atomic mass is 19.4. The van der Waals surface area contributed by atoms with Crippen molar-refractivity contribution in [3.05, 3.63) is 48.5 Å². The highest BCUT2D eigenvalue weighted by molar-refractivity contribution is 5.84. The van der Waals surface area contributed by atoms with Gasteiger partial charge >= 0.3 is 12.5 Å². The number of alkyl halides is 3. The summed E-state index contributed by atoms with van der Waals surface area (Å²) in [4.78, 5) is 12.5. The minimum absolute atomic E-state index is 0.169. The molecule has 5 atom stereocenters. The van der Waals surface area contributed by atoms with Crippen LogP contribution in [0, 0.1) is 0 Å². The number of nitrogens with one attached hydrogen (secondary N) is 1. The predicted octanol–water partition coefficient (Wildman–Crippen LogP) is 5.73. The number of hydrogen-bond donors (Lipinski definition) is 1. The fourth-order valence-electron chi connectivity index (χ4n) is 3.75. The van der Waals surface area contributed by atoms with Gasteiger partial charge in [0.2, 0.25) is 6.29 Å². The smallest absolute Gasteiger partial charge is 0.416 e. The van der Waals surface area contributed by atoms with Crippen molar-refractivity contribution in [1.29, 1.82) is 0 Å². The summed E-state index contributed by atoms with van der Waals surface area (Å²) in [6.07, 6.45) is -8.66. The van der Waals surface area contributed by atoms with Crippen LogP contribution in [0.2, 0.25) is 0 Å². The van der Waals surface area contributed by atoms with E-state index in [0.717, 1.165) is 12.1 Å². The van der Waals surface area contributed by atoms with E-state index in [-0.39, 0.29) is 5.69 Å². The molecule has 37 heavy (non-hydrogen) atoms. The van der Waals surface area contributed by atoms with Gasteiger partial charge in [0.25, 0.3) is 0 Å². The van der Waals surface area contributed by atoms with Gasteiger partial charge in [-0.25, -0.2) is 4.79 Å². The molecule has 2 aromatic carbocycles. The Balaban J connectivity index is 1.59. The summed E-state index contributed by atoms with van der Waals surface area (Å²) >= 11 is 0. The maximum absolute atomic E-state index is 12.5. The van der Waals surface area contributed by atoms with Crippen LogP contribution in [-0.2, 0) is 23.7 Å². The van der Waals surface area contributed by atoms with Crippen molar-refractivity contribution in [3.8, 4) is 5.75 Å². The van der Waals surface area contributed by atoms with E-state index in [4.69, 9.17) is 23.7 Å². The molecule has 0 radical (unpaired) electrons. The Morgan fingerprint density at radius 3 is 2.30 bits per heavy atom. The van der Waals surface area contributed by atoms with E-state index in [1.165, 1.54) is 19.2 Å². The fraction of sp³-hybridized carbons (Fsp3) is 0.458. The van der Waals surface area contributed by atoms with Crippen LogP contribution in [-0.4, -0.2) is 64.0 Å². The van der Waals surface area contributed by atoms with Gasteiger partial charge in [0, 0.05) is 32.6 Å². The average molecular weight is 527 g/mol. The molecule has 1 N–H and O–H groups in total. The quantitative estimate of drug-likeness (QED) is 0.415. The normalized spacial score (nSPS) is 24.1. The van der Waals surface area contributed by atoms with Gasteiger partial charge in [-0.2, -0.15) is 10.2 Å². The Hall–Kier alpha value is -3.26. The molecule has 1 fully saturated rings. The Bertz CT molecular complexity index is 1050. The van der Waals surface area contributed by atoms with Crippen LogP contribution in [0.15, 0.2) is 58.8 Å². The number of benzene rings is 2. The molecule has 0 spiro atoms. The number of azo groups is 1. The van der Waals surface area contributed by atoms with Crippen LogP contribution < -0.4 is 10.1 Å². The molecule has 0 bridgehead atoms. The van der Waals surface area contributed by atoms with Gasteiger partial charge in [0.15, 0.2) is 0 Å². The number of hydrogen-bond acceptors (Lipinski definition) is 9. The van der Waals surface area contributed by atoms with E-state index < -0.39 is 48.9 Å². The molecule has 202 valence electrons. The number of ether oxygens (including phenoxy) is 6. The molecule has 2 aromatic rings. The molecule has 1 saturated heterocycles. The van der Waals surface area contributed by atoms with Crippen molar-refractivity contribution in [3.63, 3.8) is 0 Å². The highest BCUT2D eigenvalue weighted by Gasteiger charge is 2.47. The summed E-state index contributed by atoms with van der Waals surface area (Å²) < 4.78 is 69.0. The van der Waals surface area contributed by atoms with E-state index in [1.54, 1.807) is 38.3 Å². The minimum Gasteiger partial charge on any atom is -0.416 e. The summed E-state index contributed by atoms with van der Waals surface area (Å²) in [5.41, 5.74) is 0.969. The number of carbonyl (C=O) groups excluding carboxylic acids is 1. The van der Waals surface area contributed by atoms with Crippen molar-refractivity contribution in [2.45, 2.75) is 50.9 Å². The van der Waals surface area contributed by atoms with Crippen LogP contribution in [0.5, 0.6) is 5.75 Å². The van der Waals surface area contributed by atoms with Crippen LogP contribution >= 0.6 is 0 Å². The summed E-state index contributed by atoms with van der Waals surface area (Å²) in [5, 5.41) is 10.5. The Labute approximate surface area is 211 Å². The topological polar surface area (TPSA) is 109 Å². The lowest BCUT2D eigenvalue weighted by Crippen LogP contribution is -2.60. The molecular formula is C24H28F3N3O7. The second kappa shape index (κ2) is 12.8. The molecule has 0 saturated carbocycles. The molecule has 1 aliphatic heterocycles. The summed E-state index contributed by atoms with van der Waals surface area (Å²) in [6, 6.07) is 11.3. The zero-order chi connectivity index (χ0) is 27.0. The fourth-order valence-corrected chi connectivity index (χ4v) is 3.75. The summed E-state index contributed by atoms with van der Waals surface area (Å²) in [6.45, 7) is 4.03. The number of carbonyl (C=O) groups is 1. The molecule has 1 aliphatic rings. The zero-order valence-corrected chi connectivity index (χ0v) is 20.6. The Kier molecular flexibility index (Phi) is 9.80. The van der Waals surface area contributed by atoms with Crippen molar-refractivity contribution in [2.24, 2.45) is 10.2 Å². The van der Waals surface area contributed by atoms with Gasteiger partial charge in [0.1, 0.15) is 24.1 Å². The molecule has 0 unspecified atom stereocenters. The minimum atomic E-state index is -4.80. The Morgan fingerprint density at radius 2 is 1.68 bits per heavy atom. The number of amides is 1. The van der Waals surface area contributed by atoms with Crippen LogP contribution in [0.3, 0.4) is 0 Å². The van der Waals surface area contributed by atoms with Gasteiger partial charge in [0.05, 0.1) is 17.5 Å². The third kappa shape index (κ3) is 8.12. The van der Waals surface area contributed by atoms with Crippen molar-refractivity contribution in [1.82, 2.24) is 0 Å². The molecule has 1 amide bonds. The number of halogens is 3. The zero-order valence-electron chi connectivity index (χ0n) is 20.6. The highest BCUT2D eigenvalue weighted by Crippen LogP contribution is 2.29. The standard InChI is InChI=1S/C24H28F3N3O7/c1-5-34-20-19(32-3)14(2)35-22(21(20)33-4)36-23(31)28-15-9-11-16(12-10-15)29-30-17-7-6-8-18(13-17)37-24(25,26)27/h6-14,19-22H,5H2,1-4H3,(H,28,31)/b30-29+/t14-,19-,20+,21+,22-/m0/s1. The third-order valence-electron chi connectivity index (χ3n) is 5.30. The maximum Gasteiger partial charge on any atom is 0.573 e. The Morgan fingerprint density at radius 1 is 1.00 bits per heavy atom. The van der Waals surface area contributed by atoms with Crippen LogP contribution in [0.4, 0.5) is 35.0 Å². The predicted molar refractivity (Wildman–Crippen MR) is 125 cm³/mol. The molecule has 0 aromatic heterocycles. The van der Waals surface area contributed by atoms with Gasteiger partial charge < -0.3 is 28.4 Å². The van der Waals surface area contributed by atoms with E-state index in [0.29, 0.717) is 18.0 Å². The first-order valence-corrected chi connectivity index (χ1v) is 11.3. The summed E-state index contributed by atoms with van der Waals surface area (Å²) in [7, 11) is 3.00. The van der Waals surface area contributed by atoms with Gasteiger partial charge in [-0.15, -0.1) is 13.2 Å². The van der Waals surface area contributed by atoms with Gasteiger partial charge in [-0.3, -0.25) is 5.32 Å². The lowest BCUT2D eigenvalue weighted by molar-refractivity contribution is -0.292. The molecule has 0 aliphatic carbocycles. The first kappa shape index (κ1) is 28.3. The van der Waals surface area contributed by atoms with Gasteiger partial charge in [-0.05, 0) is 50.2 Å². The van der Waals surface area contributed by atoms with Crippen molar-refractivity contribution < 1.29 is 46.4 Å². The molecule has 3 rings (SSSR count). The van der Waals surface area contributed by atoms with E-state index in [2.05, 4.69) is 20.3 Å². The number of anilines is 1. The number of nitrogens with zero attached hydrogens (tertiary/aromatic N) is 2. The maximum atomic E-state index is 12.5. The second-order valence-electron chi connectivity index (χ2n) is 7.85. The van der Waals surface area contributed by atoms with E-state index in [9.17, 15) is 18.0 Å². The summed E-state index contributed by atoms with van der Waals surface area (Å²) in [5.74, 6) is -0.403. The van der Waals surface area contributed by atoms with E-state index >= 15 is 0 Å².